The highest BCUT2D eigenvalue weighted by Crippen LogP contribution is 2.30. The van der Waals surface area contributed by atoms with Gasteiger partial charge in [-0.15, -0.1) is 24.8 Å². The Hall–Kier alpha value is -0.0600. The van der Waals surface area contributed by atoms with Crippen molar-refractivity contribution < 1.29 is 4.39 Å². The highest BCUT2D eigenvalue weighted by molar-refractivity contribution is 6.30. The van der Waals surface area contributed by atoms with Gasteiger partial charge >= 0.3 is 0 Å². The minimum atomic E-state index is -0.339. The SMILES string of the molecule is CC(C)C[C@H](c1ccc(F)c(Cl)c1)N1CCNCC1.Cl.Cl. The molecule has 122 valence electrons. The molecule has 0 spiro atoms. The Morgan fingerprint density at radius 3 is 2.38 bits per heavy atom. The zero-order valence-corrected chi connectivity index (χ0v) is 14.8. The molecular weight excluding hydrogens is 334 g/mol. The number of halogens is 4. The summed E-state index contributed by atoms with van der Waals surface area (Å²) >= 11 is 5.93. The Labute approximate surface area is 144 Å². The van der Waals surface area contributed by atoms with E-state index in [9.17, 15) is 4.39 Å². The van der Waals surface area contributed by atoms with Crippen LogP contribution >= 0.6 is 36.4 Å². The largest absolute Gasteiger partial charge is 0.314 e. The van der Waals surface area contributed by atoms with Crippen LogP contribution in [0.3, 0.4) is 0 Å². The number of nitrogens with one attached hydrogen (secondary N) is 1. The van der Waals surface area contributed by atoms with Gasteiger partial charge in [-0.3, -0.25) is 4.90 Å². The van der Waals surface area contributed by atoms with Crippen LogP contribution in [0.25, 0.3) is 0 Å². The van der Waals surface area contributed by atoms with Crippen LogP contribution in [0.5, 0.6) is 0 Å². The normalized spacial score (nSPS) is 17.0. The first-order chi connectivity index (χ1) is 9.08. The lowest BCUT2D eigenvalue weighted by Gasteiger charge is -2.36. The van der Waals surface area contributed by atoms with Crippen molar-refractivity contribution in [1.29, 1.82) is 0 Å². The quantitative estimate of drug-likeness (QED) is 0.863. The van der Waals surface area contributed by atoms with E-state index < -0.39 is 0 Å². The zero-order valence-electron chi connectivity index (χ0n) is 12.4. The Morgan fingerprint density at radius 2 is 1.86 bits per heavy atom. The monoisotopic (exact) mass is 356 g/mol. The Morgan fingerprint density at radius 1 is 1.24 bits per heavy atom. The molecule has 1 N–H and O–H groups in total. The molecule has 6 heteroatoms. The van der Waals surface area contributed by atoms with Crippen molar-refractivity contribution in [3.05, 3.63) is 34.6 Å². The highest BCUT2D eigenvalue weighted by atomic mass is 35.5. The van der Waals surface area contributed by atoms with Crippen LogP contribution in [-0.2, 0) is 0 Å². The van der Waals surface area contributed by atoms with E-state index in [0.717, 1.165) is 38.2 Å². The summed E-state index contributed by atoms with van der Waals surface area (Å²) in [5, 5.41) is 3.59. The molecule has 0 bridgehead atoms. The molecular formula is C15H24Cl3FN2. The second-order valence-corrected chi connectivity index (χ2v) is 6.01. The van der Waals surface area contributed by atoms with E-state index in [4.69, 9.17) is 11.6 Å². The van der Waals surface area contributed by atoms with E-state index in [2.05, 4.69) is 24.1 Å². The second kappa shape index (κ2) is 9.86. The number of hydrogen-bond donors (Lipinski definition) is 1. The molecule has 21 heavy (non-hydrogen) atoms. The van der Waals surface area contributed by atoms with Gasteiger partial charge in [-0.1, -0.05) is 31.5 Å². The van der Waals surface area contributed by atoms with Gasteiger partial charge in [0.05, 0.1) is 5.02 Å². The molecule has 1 fully saturated rings. The van der Waals surface area contributed by atoms with Crippen molar-refractivity contribution in [1.82, 2.24) is 10.2 Å². The van der Waals surface area contributed by atoms with E-state index in [-0.39, 0.29) is 35.7 Å². The van der Waals surface area contributed by atoms with Crippen LogP contribution in [0.4, 0.5) is 4.39 Å². The van der Waals surface area contributed by atoms with Crippen LogP contribution in [0.1, 0.15) is 31.9 Å². The van der Waals surface area contributed by atoms with Crippen molar-refractivity contribution >= 4 is 36.4 Å². The summed E-state index contributed by atoms with van der Waals surface area (Å²) in [5.41, 5.74) is 1.13. The molecule has 0 amide bonds. The minimum Gasteiger partial charge on any atom is -0.314 e. The lowest BCUT2D eigenvalue weighted by Crippen LogP contribution is -2.45. The van der Waals surface area contributed by atoms with Crippen molar-refractivity contribution in [2.75, 3.05) is 26.2 Å². The summed E-state index contributed by atoms with van der Waals surface area (Å²) in [7, 11) is 0. The van der Waals surface area contributed by atoms with Gasteiger partial charge < -0.3 is 5.32 Å². The number of hydrogen-bond acceptors (Lipinski definition) is 2. The third-order valence-corrected chi connectivity index (χ3v) is 3.91. The molecule has 1 heterocycles. The Balaban J connectivity index is 0.00000200. The maximum atomic E-state index is 13.3. The van der Waals surface area contributed by atoms with Gasteiger partial charge in [0.1, 0.15) is 5.82 Å². The third-order valence-electron chi connectivity index (χ3n) is 3.62. The van der Waals surface area contributed by atoms with Gasteiger partial charge in [0.15, 0.2) is 0 Å². The molecule has 0 aromatic heterocycles. The lowest BCUT2D eigenvalue weighted by molar-refractivity contribution is 0.154. The molecule has 1 atom stereocenters. The first-order valence-electron chi connectivity index (χ1n) is 6.97. The number of rotatable bonds is 4. The fourth-order valence-corrected chi connectivity index (χ4v) is 2.84. The van der Waals surface area contributed by atoms with E-state index >= 15 is 0 Å². The standard InChI is InChI=1S/C15H22ClFN2.2ClH/c1-11(2)9-15(19-7-5-18-6-8-19)12-3-4-14(17)13(16)10-12;;/h3-4,10-11,15,18H,5-9H2,1-2H3;2*1H/t15-;;/m1../s1. The summed E-state index contributed by atoms with van der Waals surface area (Å²) in [4.78, 5) is 2.47. The summed E-state index contributed by atoms with van der Waals surface area (Å²) in [5.74, 6) is 0.262. The number of nitrogens with zero attached hydrogens (tertiary/aromatic N) is 1. The summed E-state index contributed by atoms with van der Waals surface area (Å²) < 4.78 is 13.3. The van der Waals surface area contributed by atoms with Gasteiger partial charge in [0, 0.05) is 32.2 Å². The average Bonchev–Trinajstić information content (AvgIpc) is 2.40. The van der Waals surface area contributed by atoms with Crippen molar-refractivity contribution in [2.45, 2.75) is 26.3 Å². The molecule has 2 nitrogen and oxygen atoms in total. The number of piperazine rings is 1. The molecule has 0 saturated carbocycles. The van der Waals surface area contributed by atoms with Crippen LogP contribution in [0, 0.1) is 11.7 Å². The molecule has 2 rings (SSSR count). The predicted molar refractivity (Wildman–Crippen MR) is 92.5 cm³/mol. The summed E-state index contributed by atoms with van der Waals surface area (Å²) in [6.45, 7) is 8.55. The fourth-order valence-electron chi connectivity index (χ4n) is 2.66. The summed E-state index contributed by atoms with van der Waals surface area (Å²) in [6, 6.07) is 5.47. The smallest absolute Gasteiger partial charge is 0.141 e. The van der Waals surface area contributed by atoms with E-state index in [1.165, 1.54) is 6.07 Å². The minimum absolute atomic E-state index is 0. The molecule has 0 radical (unpaired) electrons. The van der Waals surface area contributed by atoms with E-state index in [0.29, 0.717) is 12.0 Å². The third kappa shape index (κ3) is 5.91. The lowest BCUT2D eigenvalue weighted by atomic mass is 9.95. The first kappa shape index (κ1) is 20.9. The van der Waals surface area contributed by atoms with Crippen LogP contribution in [-0.4, -0.2) is 31.1 Å². The molecule has 0 aliphatic carbocycles. The topological polar surface area (TPSA) is 15.3 Å². The molecule has 1 aliphatic heterocycles. The molecule has 1 aliphatic rings. The molecule has 1 saturated heterocycles. The highest BCUT2D eigenvalue weighted by Gasteiger charge is 2.23. The van der Waals surface area contributed by atoms with Gasteiger partial charge in [-0.2, -0.15) is 0 Å². The predicted octanol–water partition coefficient (Wildman–Crippen LogP) is 4.32. The van der Waals surface area contributed by atoms with Crippen LogP contribution < -0.4 is 5.32 Å². The molecule has 0 unspecified atom stereocenters. The van der Waals surface area contributed by atoms with Crippen LogP contribution in [0.15, 0.2) is 18.2 Å². The van der Waals surface area contributed by atoms with Crippen molar-refractivity contribution in [2.24, 2.45) is 5.92 Å². The van der Waals surface area contributed by atoms with Gasteiger partial charge in [-0.05, 0) is 30.0 Å². The van der Waals surface area contributed by atoms with Gasteiger partial charge in [-0.25, -0.2) is 4.39 Å². The maximum Gasteiger partial charge on any atom is 0.141 e. The molecule has 1 aromatic carbocycles. The van der Waals surface area contributed by atoms with Gasteiger partial charge in [0.2, 0.25) is 0 Å². The Kier molecular flexibility index (Phi) is 9.83. The zero-order chi connectivity index (χ0) is 13.8. The van der Waals surface area contributed by atoms with Crippen molar-refractivity contribution in [3.8, 4) is 0 Å². The first-order valence-corrected chi connectivity index (χ1v) is 7.35. The van der Waals surface area contributed by atoms with E-state index in [1.807, 2.05) is 6.07 Å². The summed E-state index contributed by atoms with van der Waals surface area (Å²) in [6.07, 6.45) is 1.07. The fraction of sp³-hybridized carbons (Fsp3) is 0.600. The number of benzene rings is 1. The van der Waals surface area contributed by atoms with E-state index in [1.54, 1.807) is 6.07 Å². The Bertz CT molecular complexity index is 423. The molecule has 1 aromatic rings. The maximum absolute atomic E-state index is 13.3. The van der Waals surface area contributed by atoms with Gasteiger partial charge in [0.25, 0.3) is 0 Å². The van der Waals surface area contributed by atoms with Crippen LogP contribution in [0.2, 0.25) is 5.02 Å². The van der Waals surface area contributed by atoms with Crippen molar-refractivity contribution in [3.63, 3.8) is 0 Å². The second-order valence-electron chi connectivity index (χ2n) is 5.60. The average molecular weight is 358 g/mol.